The van der Waals surface area contributed by atoms with Gasteiger partial charge in [0.1, 0.15) is 8.80 Å². The average Bonchev–Trinajstić information content (AvgIpc) is 3.14. The van der Waals surface area contributed by atoms with Gasteiger partial charge in [-0.15, -0.1) is 0 Å². The van der Waals surface area contributed by atoms with Crippen molar-refractivity contribution in [3.8, 4) is 0 Å². The summed E-state index contributed by atoms with van der Waals surface area (Å²) in [6, 6.07) is 29.4. The Morgan fingerprint density at radius 1 is 0.700 bits per heavy atom. The van der Waals surface area contributed by atoms with Gasteiger partial charge in [0.25, 0.3) is 0 Å². The van der Waals surface area contributed by atoms with E-state index in [2.05, 4.69) is 120 Å². The SMILES string of the molecule is Cc1cc(C)cc(C2=C(C(C)(C)C)C([SiH](c3ccccc3)c3ccccc3)=CC2)c1. The minimum atomic E-state index is -1.54. The molecule has 0 saturated heterocycles. The molecule has 30 heavy (non-hydrogen) atoms. The molecule has 3 aromatic rings. The van der Waals surface area contributed by atoms with Crippen LogP contribution >= 0.6 is 0 Å². The third kappa shape index (κ3) is 4.13. The monoisotopic (exact) mass is 408 g/mol. The summed E-state index contributed by atoms with van der Waals surface area (Å²) in [5, 5.41) is 4.60. The molecule has 3 aromatic carbocycles. The van der Waals surface area contributed by atoms with Crippen LogP contribution in [-0.2, 0) is 0 Å². The van der Waals surface area contributed by atoms with E-state index in [0.29, 0.717) is 0 Å². The van der Waals surface area contributed by atoms with E-state index in [1.54, 1.807) is 10.8 Å². The zero-order chi connectivity index (χ0) is 21.3. The molecule has 1 heteroatoms. The van der Waals surface area contributed by atoms with Gasteiger partial charge in [-0.25, -0.2) is 0 Å². The molecule has 0 saturated carbocycles. The summed E-state index contributed by atoms with van der Waals surface area (Å²) in [4.78, 5) is 0. The quantitative estimate of drug-likeness (QED) is 0.464. The van der Waals surface area contributed by atoms with Crippen LogP contribution in [-0.4, -0.2) is 8.80 Å². The second-order valence-electron chi connectivity index (χ2n) is 9.60. The van der Waals surface area contributed by atoms with Gasteiger partial charge >= 0.3 is 0 Å². The molecular formula is C29H32Si. The predicted molar refractivity (Wildman–Crippen MR) is 134 cm³/mol. The highest BCUT2D eigenvalue weighted by Gasteiger charge is 2.34. The summed E-state index contributed by atoms with van der Waals surface area (Å²) in [6.45, 7) is 11.6. The van der Waals surface area contributed by atoms with Crippen LogP contribution in [0.3, 0.4) is 0 Å². The van der Waals surface area contributed by atoms with E-state index in [4.69, 9.17) is 0 Å². The number of aryl methyl sites for hydroxylation is 2. The van der Waals surface area contributed by atoms with E-state index in [1.807, 2.05) is 0 Å². The van der Waals surface area contributed by atoms with Gasteiger partial charge in [-0.3, -0.25) is 0 Å². The van der Waals surface area contributed by atoms with Gasteiger partial charge in [-0.2, -0.15) is 0 Å². The molecule has 4 rings (SSSR count). The summed E-state index contributed by atoms with van der Waals surface area (Å²) < 4.78 is 0. The first-order chi connectivity index (χ1) is 14.3. The Kier molecular flexibility index (Phi) is 5.66. The average molecular weight is 409 g/mol. The van der Waals surface area contributed by atoms with E-state index in [9.17, 15) is 0 Å². The molecule has 0 radical (unpaired) electrons. The highest BCUT2D eigenvalue weighted by atomic mass is 28.3. The lowest BCUT2D eigenvalue weighted by Crippen LogP contribution is -2.45. The van der Waals surface area contributed by atoms with Crippen LogP contribution in [0.15, 0.2) is 95.7 Å². The molecule has 0 bridgehead atoms. The van der Waals surface area contributed by atoms with Crippen LogP contribution in [0.5, 0.6) is 0 Å². The van der Waals surface area contributed by atoms with Crippen molar-refractivity contribution in [1.29, 1.82) is 0 Å². The standard InChI is InChI=1S/C29H32Si/c1-21-18-22(2)20-23(19-21)26-16-17-27(28(26)29(3,4)5)30(24-12-8-6-9-13-24)25-14-10-7-11-15-25/h6-15,17-20,30H,16H2,1-5H3. The fourth-order valence-electron chi connectivity index (χ4n) is 4.99. The van der Waals surface area contributed by atoms with Crippen LogP contribution in [0.25, 0.3) is 5.57 Å². The smallest absolute Gasteiger partial charge is 0.0800 e. The van der Waals surface area contributed by atoms with Crippen LogP contribution in [0.2, 0.25) is 0 Å². The fourth-order valence-corrected chi connectivity index (χ4v) is 8.56. The zero-order valence-corrected chi connectivity index (χ0v) is 20.0. The van der Waals surface area contributed by atoms with E-state index in [1.165, 1.54) is 32.6 Å². The third-order valence-corrected chi connectivity index (χ3v) is 9.26. The van der Waals surface area contributed by atoms with Crippen LogP contribution < -0.4 is 10.4 Å². The molecule has 1 aliphatic carbocycles. The number of benzene rings is 3. The first kappa shape index (κ1) is 20.6. The Morgan fingerprint density at radius 2 is 1.20 bits per heavy atom. The van der Waals surface area contributed by atoms with Crippen molar-refractivity contribution in [2.45, 2.75) is 41.0 Å². The van der Waals surface area contributed by atoms with Gasteiger partial charge in [0.2, 0.25) is 0 Å². The van der Waals surface area contributed by atoms with E-state index in [-0.39, 0.29) is 5.41 Å². The number of allylic oxidation sites excluding steroid dienone is 4. The van der Waals surface area contributed by atoms with Gasteiger partial charge in [-0.1, -0.05) is 132 Å². The van der Waals surface area contributed by atoms with Gasteiger partial charge in [0, 0.05) is 0 Å². The Hall–Kier alpha value is -2.64. The van der Waals surface area contributed by atoms with Crippen molar-refractivity contribution in [1.82, 2.24) is 0 Å². The third-order valence-electron chi connectivity index (χ3n) is 6.01. The Bertz CT molecular complexity index is 1040. The molecule has 0 unspecified atom stereocenters. The van der Waals surface area contributed by atoms with Crippen molar-refractivity contribution in [2.24, 2.45) is 5.41 Å². The largest absolute Gasteiger partial charge is 0.132 e. The molecular weight excluding hydrogens is 376 g/mol. The van der Waals surface area contributed by atoms with E-state index < -0.39 is 8.80 Å². The molecule has 0 heterocycles. The van der Waals surface area contributed by atoms with Gasteiger partial charge in [0.05, 0.1) is 0 Å². The van der Waals surface area contributed by atoms with Crippen molar-refractivity contribution < 1.29 is 0 Å². The molecule has 0 amide bonds. The Balaban J connectivity index is 1.92. The van der Waals surface area contributed by atoms with Gasteiger partial charge in [0.15, 0.2) is 0 Å². The maximum atomic E-state index is 2.55. The van der Waals surface area contributed by atoms with Gasteiger partial charge < -0.3 is 0 Å². The zero-order valence-electron chi connectivity index (χ0n) is 18.9. The highest BCUT2D eigenvalue weighted by Crippen LogP contribution is 2.44. The van der Waals surface area contributed by atoms with E-state index in [0.717, 1.165) is 6.42 Å². The predicted octanol–water partition coefficient (Wildman–Crippen LogP) is 6.01. The lowest BCUT2D eigenvalue weighted by molar-refractivity contribution is 0.517. The molecule has 0 N–H and O–H groups in total. The van der Waals surface area contributed by atoms with Crippen molar-refractivity contribution in [3.63, 3.8) is 0 Å². The Morgan fingerprint density at radius 3 is 1.67 bits per heavy atom. The van der Waals surface area contributed by atoms with Crippen LogP contribution in [0.4, 0.5) is 0 Å². The van der Waals surface area contributed by atoms with Crippen molar-refractivity contribution in [2.75, 3.05) is 0 Å². The summed E-state index contributed by atoms with van der Waals surface area (Å²) in [6.07, 6.45) is 3.58. The molecule has 1 aliphatic rings. The maximum absolute atomic E-state index is 2.55. The molecule has 0 atom stereocenters. The topological polar surface area (TPSA) is 0 Å². The van der Waals surface area contributed by atoms with Crippen molar-refractivity contribution in [3.05, 3.63) is 112 Å². The van der Waals surface area contributed by atoms with Crippen LogP contribution in [0, 0.1) is 19.3 Å². The lowest BCUT2D eigenvalue weighted by atomic mass is 9.82. The second-order valence-corrected chi connectivity index (χ2v) is 12.4. The van der Waals surface area contributed by atoms with Crippen molar-refractivity contribution >= 4 is 24.7 Å². The number of hydrogen-bond acceptors (Lipinski definition) is 0. The minimum Gasteiger partial charge on any atom is -0.0800 e. The number of rotatable bonds is 4. The molecule has 152 valence electrons. The summed E-state index contributed by atoms with van der Waals surface area (Å²) in [5.41, 5.74) is 7.28. The number of hydrogen-bond donors (Lipinski definition) is 0. The highest BCUT2D eigenvalue weighted by molar-refractivity contribution is 6.91. The molecule has 0 nitrogen and oxygen atoms in total. The van der Waals surface area contributed by atoms with E-state index >= 15 is 0 Å². The first-order valence-electron chi connectivity index (χ1n) is 11.0. The minimum absolute atomic E-state index is 0.101. The normalized spacial score (nSPS) is 14.4. The summed E-state index contributed by atoms with van der Waals surface area (Å²) in [5.74, 6) is 0. The molecule has 0 aromatic heterocycles. The van der Waals surface area contributed by atoms with Gasteiger partial charge in [-0.05, 0) is 42.4 Å². The first-order valence-corrected chi connectivity index (χ1v) is 12.7. The molecule has 0 aliphatic heterocycles. The van der Waals surface area contributed by atoms with Crippen LogP contribution in [0.1, 0.15) is 43.9 Å². The summed E-state index contributed by atoms with van der Waals surface area (Å²) >= 11 is 0. The summed E-state index contributed by atoms with van der Waals surface area (Å²) in [7, 11) is -1.54. The fraction of sp³-hybridized carbons (Fsp3) is 0.241. The lowest BCUT2D eigenvalue weighted by Gasteiger charge is -2.30. The maximum Gasteiger partial charge on any atom is 0.132 e. The Labute approximate surface area is 183 Å². The second kappa shape index (κ2) is 8.24. The molecule has 0 fully saturated rings. The molecule has 0 spiro atoms.